The van der Waals surface area contributed by atoms with E-state index >= 15 is 0 Å². The SMILES string of the molecule is C1CCNC1.CCCC[N+]1(C)CCCC1. The average Bonchev–Trinajstić information content (AvgIpc) is 2.89. The number of unbranched alkanes of at least 4 members (excludes halogenated alkanes) is 1. The molecule has 0 aromatic carbocycles. The molecule has 90 valence electrons. The fourth-order valence-electron chi connectivity index (χ4n) is 2.49. The first-order chi connectivity index (χ1) is 7.27. The van der Waals surface area contributed by atoms with Crippen LogP contribution in [0.25, 0.3) is 0 Å². The average molecular weight is 213 g/mol. The van der Waals surface area contributed by atoms with E-state index in [0.29, 0.717) is 0 Å². The number of hydrogen-bond donors (Lipinski definition) is 1. The number of likely N-dealkylation sites (tertiary alicyclic amines) is 1. The fraction of sp³-hybridized carbons (Fsp3) is 1.00. The number of hydrogen-bond acceptors (Lipinski definition) is 1. The number of nitrogens with one attached hydrogen (secondary N) is 1. The van der Waals surface area contributed by atoms with Gasteiger partial charge in [-0.05, 0) is 32.4 Å². The molecule has 0 atom stereocenters. The minimum atomic E-state index is 1.25. The van der Waals surface area contributed by atoms with E-state index in [4.69, 9.17) is 0 Å². The van der Waals surface area contributed by atoms with E-state index in [-0.39, 0.29) is 0 Å². The van der Waals surface area contributed by atoms with Gasteiger partial charge < -0.3 is 9.80 Å². The fourth-order valence-corrected chi connectivity index (χ4v) is 2.49. The Labute approximate surface area is 95.6 Å². The van der Waals surface area contributed by atoms with Gasteiger partial charge in [0.05, 0.1) is 26.7 Å². The lowest BCUT2D eigenvalue weighted by Crippen LogP contribution is -2.41. The highest BCUT2D eigenvalue weighted by molar-refractivity contribution is 4.55. The molecule has 2 heterocycles. The highest BCUT2D eigenvalue weighted by atomic mass is 15.3. The van der Waals surface area contributed by atoms with Crippen molar-refractivity contribution >= 4 is 0 Å². The first-order valence-corrected chi connectivity index (χ1v) is 6.81. The van der Waals surface area contributed by atoms with Crippen LogP contribution in [0.15, 0.2) is 0 Å². The van der Waals surface area contributed by atoms with E-state index in [9.17, 15) is 0 Å². The van der Waals surface area contributed by atoms with E-state index in [1.807, 2.05) is 0 Å². The minimum absolute atomic E-state index is 1.25. The lowest BCUT2D eigenvalue weighted by molar-refractivity contribution is -0.897. The maximum Gasteiger partial charge on any atom is 0.0786 e. The van der Waals surface area contributed by atoms with Gasteiger partial charge in [0.25, 0.3) is 0 Å². The largest absolute Gasteiger partial charge is 0.326 e. The molecule has 2 heteroatoms. The van der Waals surface area contributed by atoms with Crippen LogP contribution >= 0.6 is 0 Å². The van der Waals surface area contributed by atoms with Crippen molar-refractivity contribution in [1.29, 1.82) is 0 Å². The van der Waals surface area contributed by atoms with E-state index in [0.717, 1.165) is 0 Å². The zero-order valence-electron chi connectivity index (χ0n) is 10.7. The maximum atomic E-state index is 3.22. The predicted molar refractivity (Wildman–Crippen MR) is 67.0 cm³/mol. The van der Waals surface area contributed by atoms with Crippen LogP contribution in [0, 0.1) is 0 Å². The third kappa shape index (κ3) is 5.53. The van der Waals surface area contributed by atoms with Crippen molar-refractivity contribution in [1.82, 2.24) is 5.32 Å². The van der Waals surface area contributed by atoms with Gasteiger partial charge in [-0.1, -0.05) is 13.3 Å². The van der Waals surface area contributed by atoms with E-state index in [1.54, 1.807) is 0 Å². The number of rotatable bonds is 3. The van der Waals surface area contributed by atoms with Crippen LogP contribution in [0.4, 0.5) is 0 Å². The zero-order chi connectivity index (χ0) is 11.0. The Morgan fingerprint density at radius 2 is 1.60 bits per heavy atom. The Balaban J connectivity index is 0.000000187. The molecule has 2 aliphatic heterocycles. The lowest BCUT2D eigenvalue weighted by Gasteiger charge is -2.28. The van der Waals surface area contributed by atoms with Crippen LogP contribution in [-0.2, 0) is 0 Å². The van der Waals surface area contributed by atoms with Crippen LogP contribution < -0.4 is 5.32 Å². The second-order valence-corrected chi connectivity index (χ2v) is 5.31. The summed E-state index contributed by atoms with van der Waals surface area (Å²) in [5.74, 6) is 0. The smallest absolute Gasteiger partial charge is 0.0786 e. The molecule has 2 fully saturated rings. The Morgan fingerprint density at radius 1 is 1.00 bits per heavy atom. The molecule has 0 amide bonds. The van der Waals surface area contributed by atoms with Crippen molar-refractivity contribution in [2.45, 2.75) is 45.4 Å². The normalized spacial score (nSPS) is 23.6. The van der Waals surface area contributed by atoms with Gasteiger partial charge in [0.15, 0.2) is 0 Å². The molecule has 0 bridgehead atoms. The Bertz CT molecular complexity index is 139. The molecule has 0 aromatic heterocycles. The summed E-state index contributed by atoms with van der Waals surface area (Å²) in [6, 6.07) is 0. The molecule has 1 N–H and O–H groups in total. The summed E-state index contributed by atoms with van der Waals surface area (Å²) in [6.45, 7) is 9.05. The van der Waals surface area contributed by atoms with Crippen LogP contribution in [0.2, 0.25) is 0 Å². The molecule has 2 saturated heterocycles. The third-order valence-electron chi connectivity index (χ3n) is 3.65. The Kier molecular flexibility index (Phi) is 6.26. The molecule has 0 saturated carbocycles. The molecule has 2 nitrogen and oxygen atoms in total. The van der Waals surface area contributed by atoms with Gasteiger partial charge in [-0.25, -0.2) is 0 Å². The molecule has 0 radical (unpaired) electrons. The van der Waals surface area contributed by atoms with Crippen LogP contribution in [-0.4, -0.2) is 44.3 Å². The van der Waals surface area contributed by atoms with Gasteiger partial charge in [0, 0.05) is 12.8 Å². The highest BCUT2D eigenvalue weighted by Gasteiger charge is 2.25. The van der Waals surface area contributed by atoms with E-state index in [2.05, 4.69) is 19.3 Å². The zero-order valence-corrected chi connectivity index (χ0v) is 10.7. The summed E-state index contributed by atoms with van der Waals surface area (Å²) in [4.78, 5) is 0. The van der Waals surface area contributed by atoms with Crippen molar-refractivity contribution in [2.24, 2.45) is 0 Å². The van der Waals surface area contributed by atoms with Gasteiger partial charge >= 0.3 is 0 Å². The van der Waals surface area contributed by atoms with Crippen molar-refractivity contribution in [3.63, 3.8) is 0 Å². The van der Waals surface area contributed by atoms with Gasteiger partial charge in [-0.2, -0.15) is 0 Å². The maximum absolute atomic E-state index is 3.22. The van der Waals surface area contributed by atoms with Crippen LogP contribution in [0.1, 0.15) is 45.4 Å². The molecular formula is C13H29N2+. The van der Waals surface area contributed by atoms with Crippen molar-refractivity contribution < 1.29 is 4.48 Å². The van der Waals surface area contributed by atoms with E-state index in [1.165, 1.54) is 75.7 Å². The molecule has 2 rings (SSSR count). The quantitative estimate of drug-likeness (QED) is 0.710. The molecule has 0 spiro atoms. The molecular weight excluding hydrogens is 184 g/mol. The van der Waals surface area contributed by atoms with Crippen molar-refractivity contribution in [3.05, 3.63) is 0 Å². The van der Waals surface area contributed by atoms with Crippen molar-refractivity contribution in [2.75, 3.05) is 39.8 Å². The summed E-state index contributed by atoms with van der Waals surface area (Å²) in [7, 11) is 2.41. The van der Waals surface area contributed by atoms with Crippen LogP contribution in [0.3, 0.4) is 0 Å². The van der Waals surface area contributed by atoms with Crippen molar-refractivity contribution in [3.8, 4) is 0 Å². The standard InChI is InChI=1S/C9H20N.C4H9N/c1-3-4-7-10(2)8-5-6-9-10;1-2-4-5-3-1/h3-9H2,1-2H3;5H,1-4H2/q+1;. The van der Waals surface area contributed by atoms with Gasteiger partial charge in [0.2, 0.25) is 0 Å². The summed E-state index contributed by atoms with van der Waals surface area (Å²) in [6.07, 6.45) is 8.46. The first kappa shape index (κ1) is 13.0. The minimum Gasteiger partial charge on any atom is -0.326 e. The lowest BCUT2D eigenvalue weighted by atomic mass is 10.3. The molecule has 15 heavy (non-hydrogen) atoms. The van der Waals surface area contributed by atoms with Crippen LogP contribution in [0.5, 0.6) is 0 Å². The second-order valence-electron chi connectivity index (χ2n) is 5.31. The summed E-state index contributed by atoms with van der Waals surface area (Å²) in [5, 5.41) is 3.22. The summed E-state index contributed by atoms with van der Waals surface area (Å²) >= 11 is 0. The second kappa shape index (κ2) is 7.24. The molecule has 0 aliphatic carbocycles. The Hall–Kier alpha value is -0.0800. The molecule has 0 aromatic rings. The summed E-state index contributed by atoms with van der Waals surface area (Å²) in [5.41, 5.74) is 0. The van der Waals surface area contributed by atoms with Gasteiger partial charge in [0.1, 0.15) is 0 Å². The monoisotopic (exact) mass is 213 g/mol. The number of quaternary nitrogens is 1. The molecule has 0 unspecified atom stereocenters. The number of nitrogens with zero attached hydrogens (tertiary/aromatic N) is 1. The van der Waals surface area contributed by atoms with E-state index < -0.39 is 0 Å². The topological polar surface area (TPSA) is 12.0 Å². The van der Waals surface area contributed by atoms with Gasteiger partial charge in [-0.3, -0.25) is 0 Å². The summed E-state index contributed by atoms with van der Waals surface area (Å²) < 4.78 is 1.36. The van der Waals surface area contributed by atoms with Gasteiger partial charge in [-0.15, -0.1) is 0 Å². The third-order valence-corrected chi connectivity index (χ3v) is 3.65. The molecule has 2 aliphatic rings. The predicted octanol–water partition coefficient (Wildman–Crippen LogP) is 2.40. The Morgan fingerprint density at radius 3 is 2.00 bits per heavy atom. The highest BCUT2D eigenvalue weighted by Crippen LogP contribution is 2.16. The first-order valence-electron chi connectivity index (χ1n) is 6.81.